The summed E-state index contributed by atoms with van der Waals surface area (Å²) in [5, 5.41) is 0. The molecular weight excluding hydrogens is 212 g/mol. The lowest BCUT2D eigenvalue weighted by Gasteiger charge is -2.05. The first-order valence-corrected chi connectivity index (χ1v) is 6.46. The van der Waals surface area contributed by atoms with Crippen molar-refractivity contribution in [3.8, 4) is 5.75 Å². The van der Waals surface area contributed by atoms with E-state index in [2.05, 4.69) is 13.8 Å². The topological polar surface area (TPSA) is 26.3 Å². The van der Waals surface area contributed by atoms with Gasteiger partial charge >= 0.3 is 0 Å². The average molecular weight is 232 g/mol. The minimum atomic E-state index is 0.264. The molecule has 1 aliphatic heterocycles. The molecule has 17 heavy (non-hydrogen) atoms. The summed E-state index contributed by atoms with van der Waals surface area (Å²) in [6, 6.07) is 5.82. The third-order valence-electron chi connectivity index (χ3n) is 3.20. The van der Waals surface area contributed by atoms with Crippen LogP contribution in [0.2, 0.25) is 0 Å². The predicted molar refractivity (Wildman–Crippen MR) is 68.7 cm³/mol. The van der Waals surface area contributed by atoms with Crippen LogP contribution in [0.4, 0.5) is 0 Å². The summed E-state index contributed by atoms with van der Waals surface area (Å²) in [7, 11) is 0. The number of ketones is 1. The Morgan fingerprint density at radius 3 is 3.00 bits per heavy atom. The standard InChI is InChI=1S/C15H20O2/c1-11(2)4-3-5-14(16)12-6-7-15-13(10-12)8-9-17-15/h6-7,10-11H,3-5,8-9H2,1-2H3. The minimum absolute atomic E-state index is 0.264. The van der Waals surface area contributed by atoms with Crippen molar-refractivity contribution in [2.45, 2.75) is 39.5 Å². The highest BCUT2D eigenvalue weighted by Gasteiger charge is 2.14. The van der Waals surface area contributed by atoms with E-state index in [9.17, 15) is 4.79 Å². The molecule has 0 bridgehead atoms. The molecule has 0 aliphatic carbocycles. The molecule has 2 nitrogen and oxygen atoms in total. The number of Topliss-reactive ketones (excluding diaryl/α,β-unsaturated/α-hetero) is 1. The highest BCUT2D eigenvalue weighted by molar-refractivity contribution is 5.96. The molecule has 0 fully saturated rings. The molecule has 1 aliphatic rings. The van der Waals surface area contributed by atoms with Crippen LogP contribution < -0.4 is 4.74 Å². The predicted octanol–water partition coefficient (Wildman–Crippen LogP) is 3.63. The van der Waals surface area contributed by atoms with E-state index in [1.807, 2.05) is 18.2 Å². The first-order valence-electron chi connectivity index (χ1n) is 6.46. The molecule has 0 saturated carbocycles. The quantitative estimate of drug-likeness (QED) is 0.725. The summed E-state index contributed by atoms with van der Waals surface area (Å²) >= 11 is 0. The molecule has 0 amide bonds. The van der Waals surface area contributed by atoms with Crippen LogP contribution in [0.15, 0.2) is 18.2 Å². The summed E-state index contributed by atoms with van der Waals surface area (Å²) in [5.41, 5.74) is 2.03. The summed E-state index contributed by atoms with van der Waals surface area (Å²) in [5.74, 6) is 1.89. The normalized spacial score (nSPS) is 13.6. The van der Waals surface area contributed by atoms with Crippen molar-refractivity contribution in [3.05, 3.63) is 29.3 Å². The summed E-state index contributed by atoms with van der Waals surface area (Å²) < 4.78 is 5.43. The van der Waals surface area contributed by atoms with Crippen molar-refractivity contribution in [3.63, 3.8) is 0 Å². The van der Waals surface area contributed by atoms with Crippen LogP contribution in [0, 0.1) is 5.92 Å². The van der Waals surface area contributed by atoms with Gasteiger partial charge in [-0.25, -0.2) is 0 Å². The first-order chi connectivity index (χ1) is 8.16. The average Bonchev–Trinajstić information content (AvgIpc) is 2.75. The van der Waals surface area contributed by atoms with E-state index in [0.29, 0.717) is 12.3 Å². The van der Waals surface area contributed by atoms with Gasteiger partial charge in [-0.1, -0.05) is 20.3 Å². The molecule has 1 aromatic carbocycles. The van der Waals surface area contributed by atoms with Gasteiger partial charge in [0.2, 0.25) is 0 Å². The van der Waals surface area contributed by atoms with Crippen LogP contribution in [0.1, 0.15) is 49.0 Å². The van der Waals surface area contributed by atoms with Gasteiger partial charge in [-0.3, -0.25) is 4.79 Å². The van der Waals surface area contributed by atoms with Gasteiger partial charge in [-0.2, -0.15) is 0 Å². The molecule has 1 heterocycles. The van der Waals surface area contributed by atoms with Crippen LogP contribution in [-0.2, 0) is 6.42 Å². The zero-order chi connectivity index (χ0) is 12.3. The Hall–Kier alpha value is -1.31. The van der Waals surface area contributed by atoms with Crippen molar-refractivity contribution in [1.82, 2.24) is 0 Å². The number of ether oxygens (including phenoxy) is 1. The highest BCUT2D eigenvalue weighted by atomic mass is 16.5. The lowest BCUT2D eigenvalue weighted by molar-refractivity contribution is 0.0978. The summed E-state index contributed by atoms with van der Waals surface area (Å²) in [6.07, 6.45) is 3.71. The van der Waals surface area contributed by atoms with Gasteiger partial charge in [0.1, 0.15) is 5.75 Å². The van der Waals surface area contributed by atoms with E-state index in [0.717, 1.165) is 37.2 Å². The number of hydrogen-bond donors (Lipinski definition) is 0. The van der Waals surface area contributed by atoms with E-state index in [1.165, 1.54) is 5.56 Å². The van der Waals surface area contributed by atoms with E-state index in [-0.39, 0.29) is 5.78 Å². The first kappa shape index (κ1) is 12.2. The Kier molecular flexibility index (Phi) is 3.82. The fraction of sp³-hybridized carbons (Fsp3) is 0.533. The maximum absolute atomic E-state index is 12.0. The Morgan fingerprint density at radius 1 is 1.41 bits per heavy atom. The van der Waals surface area contributed by atoms with E-state index >= 15 is 0 Å². The van der Waals surface area contributed by atoms with Gasteiger partial charge in [-0.15, -0.1) is 0 Å². The van der Waals surface area contributed by atoms with E-state index in [1.54, 1.807) is 0 Å². The number of benzene rings is 1. The van der Waals surface area contributed by atoms with Crippen LogP contribution in [-0.4, -0.2) is 12.4 Å². The Labute approximate surface area is 103 Å². The molecule has 0 aromatic heterocycles. The highest BCUT2D eigenvalue weighted by Crippen LogP contribution is 2.26. The Bertz CT molecular complexity index is 407. The Balaban J connectivity index is 1.95. The van der Waals surface area contributed by atoms with Gasteiger partial charge in [0.25, 0.3) is 0 Å². The molecule has 0 spiro atoms. The maximum Gasteiger partial charge on any atom is 0.162 e. The number of carbonyl (C=O) groups is 1. The molecule has 1 aromatic rings. The van der Waals surface area contributed by atoms with Gasteiger partial charge in [0, 0.05) is 18.4 Å². The number of rotatable bonds is 5. The Morgan fingerprint density at radius 2 is 2.24 bits per heavy atom. The van der Waals surface area contributed by atoms with Crippen LogP contribution in [0.25, 0.3) is 0 Å². The molecule has 92 valence electrons. The van der Waals surface area contributed by atoms with Crippen LogP contribution in [0.3, 0.4) is 0 Å². The molecule has 0 radical (unpaired) electrons. The van der Waals surface area contributed by atoms with Crippen molar-refractivity contribution >= 4 is 5.78 Å². The molecule has 0 unspecified atom stereocenters. The molecular formula is C15H20O2. The minimum Gasteiger partial charge on any atom is -0.493 e. The van der Waals surface area contributed by atoms with Gasteiger partial charge < -0.3 is 4.74 Å². The van der Waals surface area contributed by atoms with Gasteiger partial charge in [0.15, 0.2) is 5.78 Å². The number of carbonyl (C=O) groups excluding carboxylic acids is 1. The number of fused-ring (bicyclic) bond motifs is 1. The smallest absolute Gasteiger partial charge is 0.162 e. The molecule has 0 atom stereocenters. The molecule has 2 rings (SSSR count). The third kappa shape index (κ3) is 3.09. The fourth-order valence-electron chi connectivity index (χ4n) is 2.18. The van der Waals surface area contributed by atoms with Gasteiger partial charge in [0.05, 0.1) is 6.61 Å². The SMILES string of the molecule is CC(C)CCCC(=O)c1ccc2c(c1)CCO2. The molecule has 0 saturated heterocycles. The van der Waals surface area contributed by atoms with Crippen molar-refractivity contribution in [2.75, 3.05) is 6.61 Å². The second-order valence-electron chi connectivity index (χ2n) is 5.13. The van der Waals surface area contributed by atoms with E-state index < -0.39 is 0 Å². The van der Waals surface area contributed by atoms with Crippen molar-refractivity contribution in [1.29, 1.82) is 0 Å². The second kappa shape index (κ2) is 5.35. The third-order valence-corrected chi connectivity index (χ3v) is 3.20. The van der Waals surface area contributed by atoms with Crippen molar-refractivity contribution < 1.29 is 9.53 Å². The zero-order valence-corrected chi connectivity index (χ0v) is 10.7. The summed E-state index contributed by atoms with van der Waals surface area (Å²) in [4.78, 5) is 12.0. The second-order valence-corrected chi connectivity index (χ2v) is 5.13. The van der Waals surface area contributed by atoms with Crippen LogP contribution in [0.5, 0.6) is 5.75 Å². The zero-order valence-electron chi connectivity index (χ0n) is 10.7. The fourth-order valence-corrected chi connectivity index (χ4v) is 2.18. The largest absolute Gasteiger partial charge is 0.493 e. The van der Waals surface area contributed by atoms with E-state index in [4.69, 9.17) is 4.74 Å². The number of hydrogen-bond acceptors (Lipinski definition) is 2. The molecule has 0 N–H and O–H groups in total. The monoisotopic (exact) mass is 232 g/mol. The lowest BCUT2D eigenvalue weighted by atomic mass is 9.99. The van der Waals surface area contributed by atoms with Crippen LogP contribution >= 0.6 is 0 Å². The van der Waals surface area contributed by atoms with Crippen molar-refractivity contribution in [2.24, 2.45) is 5.92 Å². The van der Waals surface area contributed by atoms with Gasteiger partial charge in [-0.05, 0) is 36.1 Å². The molecule has 2 heteroatoms. The lowest BCUT2D eigenvalue weighted by Crippen LogP contribution is -2.00. The summed E-state index contributed by atoms with van der Waals surface area (Å²) in [6.45, 7) is 5.13. The maximum atomic E-state index is 12.0.